The maximum atomic E-state index is 13.0. The number of ether oxygens (including phenoxy) is 2. The van der Waals surface area contributed by atoms with E-state index in [4.69, 9.17) is 15.2 Å². The van der Waals surface area contributed by atoms with E-state index in [-0.39, 0.29) is 11.3 Å². The van der Waals surface area contributed by atoms with Crippen LogP contribution in [-0.4, -0.2) is 39.3 Å². The largest absolute Gasteiger partial charge is 0.497 e. The number of hydrogen-bond acceptors (Lipinski definition) is 4. The third-order valence-electron chi connectivity index (χ3n) is 6.42. The molecule has 0 atom stereocenters. The maximum Gasteiger partial charge on any atom is 0.227 e. The summed E-state index contributed by atoms with van der Waals surface area (Å²) in [5.41, 5.74) is 6.84. The van der Waals surface area contributed by atoms with Crippen LogP contribution in [0.15, 0.2) is 24.3 Å². The highest BCUT2D eigenvalue weighted by Gasteiger charge is 2.41. The van der Waals surface area contributed by atoms with E-state index < -0.39 is 5.41 Å². The molecule has 1 saturated heterocycles. The summed E-state index contributed by atoms with van der Waals surface area (Å²) in [6, 6.07) is 8.35. The third-order valence-corrected chi connectivity index (χ3v) is 6.42. The first-order valence-corrected chi connectivity index (χ1v) is 9.85. The van der Waals surface area contributed by atoms with Crippen molar-refractivity contribution in [1.82, 2.24) is 5.32 Å². The van der Waals surface area contributed by atoms with Gasteiger partial charge in [-0.2, -0.15) is 0 Å². The second-order valence-corrected chi connectivity index (χ2v) is 7.85. The van der Waals surface area contributed by atoms with Crippen LogP contribution in [-0.2, 0) is 14.9 Å². The van der Waals surface area contributed by atoms with Crippen molar-refractivity contribution in [3.8, 4) is 5.75 Å². The molecule has 5 heteroatoms. The van der Waals surface area contributed by atoms with Gasteiger partial charge in [-0.25, -0.2) is 0 Å². The van der Waals surface area contributed by atoms with Gasteiger partial charge >= 0.3 is 0 Å². The number of carbonyl (C=O) groups is 1. The minimum absolute atomic E-state index is 0.0150. The fourth-order valence-corrected chi connectivity index (χ4v) is 4.46. The van der Waals surface area contributed by atoms with Crippen molar-refractivity contribution in [2.75, 3.05) is 33.4 Å². The Labute approximate surface area is 156 Å². The maximum absolute atomic E-state index is 13.0. The predicted octanol–water partition coefficient (Wildman–Crippen LogP) is 2.77. The molecule has 0 unspecified atom stereocenters. The molecule has 0 aromatic heterocycles. The first kappa shape index (κ1) is 19.2. The standard InChI is InChI=1S/C21H32N2O3/c1-25-18-7-5-17(6-8-18)21(9-3-2-4-10-21)16-23-19(24)20(15-22)11-13-26-14-12-20/h5-8H,2-4,9-16,22H2,1H3,(H,23,24). The van der Waals surface area contributed by atoms with Gasteiger partial charge in [-0.1, -0.05) is 31.4 Å². The number of rotatable bonds is 6. The van der Waals surface area contributed by atoms with Gasteiger partial charge in [0.1, 0.15) is 5.75 Å². The van der Waals surface area contributed by atoms with Crippen LogP contribution in [0, 0.1) is 5.41 Å². The molecule has 0 spiro atoms. The van der Waals surface area contributed by atoms with Crippen LogP contribution in [0.3, 0.4) is 0 Å². The Bertz CT molecular complexity index is 588. The van der Waals surface area contributed by atoms with Crippen molar-refractivity contribution >= 4 is 5.91 Å². The van der Waals surface area contributed by atoms with Gasteiger partial charge in [-0.3, -0.25) is 4.79 Å². The summed E-state index contributed by atoms with van der Waals surface area (Å²) in [5.74, 6) is 0.967. The highest BCUT2D eigenvalue weighted by Crippen LogP contribution is 2.40. The lowest BCUT2D eigenvalue weighted by atomic mass is 9.69. The van der Waals surface area contributed by atoms with Crippen molar-refractivity contribution in [2.24, 2.45) is 11.1 Å². The summed E-state index contributed by atoms with van der Waals surface area (Å²) in [4.78, 5) is 13.0. The summed E-state index contributed by atoms with van der Waals surface area (Å²) in [5, 5.41) is 3.28. The smallest absolute Gasteiger partial charge is 0.227 e. The van der Waals surface area contributed by atoms with Crippen LogP contribution in [0.5, 0.6) is 5.75 Å². The Morgan fingerprint density at radius 2 is 1.77 bits per heavy atom. The van der Waals surface area contributed by atoms with E-state index in [0.717, 1.165) is 18.6 Å². The summed E-state index contributed by atoms with van der Waals surface area (Å²) < 4.78 is 10.7. The first-order valence-electron chi connectivity index (χ1n) is 9.85. The summed E-state index contributed by atoms with van der Waals surface area (Å²) in [6.45, 7) is 2.31. The van der Waals surface area contributed by atoms with Crippen molar-refractivity contribution in [1.29, 1.82) is 0 Å². The Balaban J connectivity index is 1.74. The quantitative estimate of drug-likeness (QED) is 0.818. The van der Waals surface area contributed by atoms with E-state index in [1.807, 2.05) is 12.1 Å². The Morgan fingerprint density at radius 3 is 2.35 bits per heavy atom. The Hall–Kier alpha value is -1.59. The number of nitrogens with two attached hydrogens (primary N) is 1. The summed E-state index contributed by atoms with van der Waals surface area (Å²) >= 11 is 0. The van der Waals surface area contributed by atoms with Crippen LogP contribution in [0.2, 0.25) is 0 Å². The predicted molar refractivity (Wildman–Crippen MR) is 102 cm³/mol. The van der Waals surface area contributed by atoms with E-state index in [2.05, 4.69) is 17.4 Å². The number of nitrogens with one attached hydrogen (secondary N) is 1. The average molecular weight is 360 g/mol. The van der Waals surface area contributed by atoms with Crippen LogP contribution < -0.4 is 15.8 Å². The fraction of sp³-hybridized carbons (Fsp3) is 0.667. The number of methoxy groups -OCH3 is 1. The number of amides is 1. The molecule has 2 fully saturated rings. The second-order valence-electron chi connectivity index (χ2n) is 7.85. The van der Waals surface area contributed by atoms with Crippen LogP contribution in [0.1, 0.15) is 50.5 Å². The Kier molecular flexibility index (Phi) is 6.20. The number of benzene rings is 1. The first-order chi connectivity index (χ1) is 12.6. The van der Waals surface area contributed by atoms with E-state index in [9.17, 15) is 4.79 Å². The minimum Gasteiger partial charge on any atom is -0.497 e. The molecule has 0 bridgehead atoms. The lowest BCUT2D eigenvalue weighted by Crippen LogP contribution is -2.52. The van der Waals surface area contributed by atoms with Gasteiger partial charge in [0.15, 0.2) is 0 Å². The fourth-order valence-electron chi connectivity index (χ4n) is 4.46. The molecular formula is C21H32N2O3. The second kappa shape index (κ2) is 8.40. The topological polar surface area (TPSA) is 73.6 Å². The molecule has 3 N–H and O–H groups in total. The molecule has 1 aliphatic carbocycles. The van der Waals surface area contributed by atoms with Crippen molar-refractivity contribution in [2.45, 2.75) is 50.4 Å². The molecule has 144 valence electrons. The normalized spacial score (nSPS) is 21.8. The van der Waals surface area contributed by atoms with Gasteiger partial charge in [0.2, 0.25) is 5.91 Å². The van der Waals surface area contributed by atoms with Gasteiger partial charge in [-0.15, -0.1) is 0 Å². The van der Waals surface area contributed by atoms with Gasteiger partial charge in [0.25, 0.3) is 0 Å². The van der Waals surface area contributed by atoms with E-state index in [1.54, 1.807) is 7.11 Å². The Morgan fingerprint density at radius 1 is 1.12 bits per heavy atom. The molecule has 1 heterocycles. The van der Waals surface area contributed by atoms with E-state index in [1.165, 1.54) is 24.8 Å². The zero-order valence-corrected chi connectivity index (χ0v) is 15.9. The van der Waals surface area contributed by atoms with Crippen molar-refractivity contribution in [3.63, 3.8) is 0 Å². The highest BCUT2D eigenvalue weighted by molar-refractivity contribution is 5.83. The van der Waals surface area contributed by atoms with Gasteiger partial charge < -0.3 is 20.5 Å². The zero-order valence-electron chi connectivity index (χ0n) is 15.9. The molecule has 1 aromatic carbocycles. The van der Waals surface area contributed by atoms with Crippen molar-refractivity contribution < 1.29 is 14.3 Å². The molecule has 2 aliphatic rings. The lowest BCUT2D eigenvalue weighted by Gasteiger charge is -2.40. The van der Waals surface area contributed by atoms with Crippen LogP contribution in [0.4, 0.5) is 0 Å². The monoisotopic (exact) mass is 360 g/mol. The molecule has 1 aliphatic heterocycles. The molecule has 5 nitrogen and oxygen atoms in total. The van der Waals surface area contributed by atoms with Gasteiger partial charge in [0, 0.05) is 31.7 Å². The van der Waals surface area contributed by atoms with Crippen molar-refractivity contribution in [3.05, 3.63) is 29.8 Å². The number of carbonyl (C=O) groups excluding carboxylic acids is 1. The lowest BCUT2D eigenvalue weighted by molar-refractivity contribution is -0.136. The van der Waals surface area contributed by atoms with E-state index in [0.29, 0.717) is 39.1 Å². The molecule has 1 amide bonds. The zero-order chi connectivity index (χ0) is 18.5. The van der Waals surface area contributed by atoms with Crippen LogP contribution in [0.25, 0.3) is 0 Å². The minimum atomic E-state index is -0.464. The van der Waals surface area contributed by atoms with Gasteiger partial charge in [0.05, 0.1) is 12.5 Å². The SMILES string of the molecule is COc1ccc(C2(CNC(=O)C3(CN)CCOCC3)CCCCC2)cc1. The summed E-state index contributed by atoms with van der Waals surface area (Å²) in [7, 11) is 1.69. The van der Waals surface area contributed by atoms with E-state index >= 15 is 0 Å². The molecular weight excluding hydrogens is 328 g/mol. The molecule has 26 heavy (non-hydrogen) atoms. The molecule has 1 aromatic rings. The highest BCUT2D eigenvalue weighted by atomic mass is 16.5. The van der Waals surface area contributed by atoms with Crippen LogP contribution >= 0.6 is 0 Å². The average Bonchev–Trinajstić information content (AvgIpc) is 2.73. The summed E-state index contributed by atoms with van der Waals surface area (Å²) in [6.07, 6.45) is 7.33. The number of hydrogen-bond donors (Lipinski definition) is 2. The molecule has 1 saturated carbocycles. The molecule has 3 rings (SSSR count). The molecule has 0 radical (unpaired) electrons. The van der Waals surface area contributed by atoms with Gasteiger partial charge in [-0.05, 0) is 43.4 Å². The third kappa shape index (κ3) is 3.89.